The molecule has 0 fully saturated rings. The predicted molar refractivity (Wildman–Crippen MR) is 37.7 cm³/mol. The molecule has 0 bridgehead atoms. The first-order chi connectivity index (χ1) is 5.45. The maximum atomic E-state index is 11.5. The van der Waals surface area contributed by atoms with Gasteiger partial charge in [0.1, 0.15) is 6.54 Å². The lowest BCUT2D eigenvalue weighted by Gasteiger charge is -2.08. The molecule has 0 aliphatic rings. The zero-order valence-corrected chi connectivity index (χ0v) is 6.24. The molecule has 0 saturated heterocycles. The van der Waals surface area contributed by atoms with Gasteiger partial charge in [-0.05, 0) is 0 Å². The van der Waals surface area contributed by atoms with Crippen molar-refractivity contribution in [2.24, 2.45) is 0 Å². The summed E-state index contributed by atoms with van der Waals surface area (Å²) in [4.78, 5) is 10.5. The second-order valence-corrected chi connectivity index (χ2v) is 1.97. The highest BCUT2D eigenvalue weighted by Crippen LogP contribution is 2.11. The van der Waals surface area contributed by atoms with Gasteiger partial charge in [-0.25, -0.2) is 4.79 Å². The van der Waals surface area contributed by atoms with Crippen LogP contribution in [0.4, 0.5) is 18.0 Å². The maximum Gasteiger partial charge on any atom is 0.405 e. The second-order valence-electron chi connectivity index (χ2n) is 1.97. The molecule has 6 heteroatoms. The lowest BCUT2D eigenvalue weighted by Crippen LogP contribution is -2.40. The standard InChI is InChI=1S/C6H9F3N2O/c1-2-3-10-5(12)11-4-6(7,8)9/h2H,1,3-4H2,(H2,10,11,12). The molecular weight excluding hydrogens is 173 g/mol. The molecule has 2 amide bonds. The molecule has 3 nitrogen and oxygen atoms in total. The number of amides is 2. The van der Waals surface area contributed by atoms with Gasteiger partial charge < -0.3 is 10.6 Å². The zero-order chi connectivity index (χ0) is 9.61. The summed E-state index contributed by atoms with van der Waals surface area (Å²) in [6.45, 7) is 2.10. The lowest BCUT2D eigenvalue weighted by atomic mass is 10.6. The molecule has 12 heavy (non-hydrogen) atoms. The van der Waals surface area contributed by atoms with Gasteiger partial charge in [-0.15, -0.1) is 6.58 Å². The third-order valence-electron chi connectivity index (χ3n) is 0.856. The Hall–Kier alpha value is -1.20. The minimum absolute atomic E-state index is 0.143. The fourth-order valence-corrected chi connectivity index (χ4v) is 0.408. The average molecular weight is 182 g/mol. The van der Waals surface area contributed by atoms with Gasteiger partial charge in [0.2, 0.25) is 0 Å². The van der Waals surface area contributed by atoms with Crippen LogP contribution < -0.4 is 10.6 Å². The number of alkyl halides is 3. The lowest BCUT2D eigenvalue weighted by molar-refractivity contribution is -0.122. The number of hydrogen-bond acceptors (Lipinski definition) is 1. The van der Waals surface area contributed by atoms with E-state index in [1.807, 2.05) is 0 Å². The van der Waals surface area contributed by atoms with Gasteiger partial charge in [0.05, 0.1) is 0 Å². The quantitative estimate of drug-likeness (QED) is 0.629. The van der Waals surface area contributed by atoms with Crippen LogP contribution in [0.5, 0.6) is 0 Å². The van der Waals surface area contributed by atoms with E-state index in [9.17, 15) is 18.0 Å². The summed E-state index contributed by atoms with van der Waals surface area (Å²) in [5.41, 5.74) is 0. The van der Waals surface area contributed by atoms with E-state index in [0.717, 1.165) is 0 Å². The first-order valence-corrected chi connectivity index (χ1v) is 3.15. The number of urea groups is 1. The highest BCUT2D eigenvalue weighted by molar-refractivity contribution is 5.73. The fraction of sp³-hybridized carbons (Fsp3) is 0.500. The molecule has 0 spiro atoms. The monoisotopic (exact) mass is 182 g/mol. The smallest absolute Gasteiger partial charge is 0.335 e. The Bertz CT molecular complexity index is 167. The van der Waals surface area contributed by atoms with Crippen molar-refractivity contribution in [3.05, 3.63) is 12.7 Å². The van der Waals surface area contributed by atoms with Crippen molar-refractivity contribution < 1.29 is 18.0 Å². The third-order valence-corrected chi connectivity index (χ3v) is 0.856. The highest BCUT2D eigenvalue weighted by Gasteiger charge is 2.27. The third kappa shape index (κ3) is 6.91. The van der Waals surface area contributed by atoms with Crippen LogP contribution in [0.25, 0.3) is 0 Å². The summed E-state index contributed by atoms with van der Waals surface area (Å²) in [5.74, 6) is 0. The molecule has 0 aliphatic heterocycles. The van der Waals surface area contributed by atoms with Crippen molar-refractivity contribution in [3.63, 3.8) is 0 Å². The largest absolute Gasteiger partial charge is 0.405 e. The van der Waals surface area contributed by atoms with E-state index in [4.69, 9.17) is 0 Å². The molecule has 0 aromatic carbocycles. The number of carbonyl (C=O) groups is 1. The summed E-state index contributed by atoms with van der Waals surface area (Å²) in [6.07, 6.45) is -3.00. The van der Waals surface area contributed by atoms with Crippen LogP contribution in [0.1, 0.15) is 0 Å². The average Bonchev–Trinajstić information content (AvgIpc) is 1.95. The van der Waals surface area contributed by atoms with Crippen molar-refractivity contribution in [2.75, 3.05) is 13.1 Å². The fourth-order valence-electron chi connectivity index (χ4n) is 0.408. The maximum absolute atomic E-state index is 11.5. The van der Waals surface area contributed by atoms with Crippen molar-refractivity contribution in [1.29, 1.82) is 0 Å². The number of rotatable bonds is 3. The van der Waals surface area contributed by atoms with Crippen molar-refractivity contribution in [1.82, 2.24) is 10.6 Å². The molecule has 0 unspecified atom stereocenters. The van der Waals surface area contributed by atoms with E-state index >= 15 is 0 Å². The van der Waals surface area contributed by atoms with E-state index in [1.165, 1.54) is 6.08 Å². The van der Waals surface area contributed by atoms with Gasteiger partial charge in [-0.1, -0.05) is 6.08 Å². The van der Waals surface area contributed by atoms with Gasteiger partial charge in [-0.3, -0.25) is 0 Å². The van der Waals surface area contributed by atoms with Crippen LogP contribution in [-0.2, 0) is 0 Å². The van der Waals surface area contributed by atoms with Gasteiger partial charge in [0.25, 0.3) is 0 Å². The molecule has 0 aliphatic carbocycles. The summed E-state index contributed by atoms with van der Waals surface area (Å²) < 4.78 is 34.4. The van der Waals surface area contributed by atoms with E-state index in [2.05, 4.69) is 11.9 Å². The molecule has 0 saturated carbocycles. The van der Waals surface area contributed by atoms with E-state index in [-0.39, 0.29) is 6.54 Å². The Morgan fingerprint density at radius 1 is 1.42 bits per heavy atom. The van der Waals surface area contributed by atoms with Crippen molar-refractivity contribution in [2.45, 2.75) is 6.18 Å². The molecule has 0 aromatic rings. The van der Waals surface area contributed by atoms with Crippen LogP contribution >= 0.6 is 0 Å². The minimum atomic E-state index is -4.37. The molecule has 0 aromatic heterocycles. The van der Waals surface area contributed by atoms with E-state index < -0.39 is 18.8 Å². The first-order valence-electron chi connectivity index (χ1n) is 3.15. The van der Waals surface area contributed by atoms with Crippen LogP contribution in [0, 0.1) is 0 Å². The van der Waals surface area contributed by atoms with Gasteiger partial charge in [0.15, 0.2) is 0 Å². The Morgan fingerprint density at radius 3 is 2.42 bits per heavy atom. The van der Waals surface area contributed by atoms with Gasteiger partial charge >= 0.3 is 12.2 Å². The van der Waals surface area contributed by atoms with Gasteiger partial charge in [0, 0.05) is 6.54 Å². The highest BCUT2D eigenvalue weighted by atomic mass is 19.4. The predicted octanol–water partition coefficient (Wildman–Crippen LogP) is 1.03. The summed E-state index contributed by atoms with van der Waals surface area (Å²) in [7, 11) is 0. The molecule has 2 N–H and O–H groups in total. The van der Waals surface area contributed by atoms with Crippen LogP contribution in [0.2, 0.25) is 0 Å². The van der Waals surface area contributed by atoms with Crippen LogP contribution in [-0.4, -0.2) is 25.3 Å². The number of hydrogen-bond donors (Lipinski definition) is 2. The minimum Gasteiger partial charge on any atom is -0.335 e. The molecule has 0 rings (SSSR count). The molecule has 0 radical (unpaired) electrons. The number of nitrogens with one attached hydrogen (secondary N) is 2. The zero-order valence-electron chi connectivity index (χ0n) is 6.24. The van der Waals surface area contributed by atoms with Crippen molar-refractivity contribution >= 4 is 6.03 Å². The summed E-state index contributed by atoms with van der Waals surface area (Å²) in [6, 6.07) is -0.854. The summed E-state index contributed by atoms with van der Waals surface area (Å²) in [5, 5.41) is 3.77. The SMILES string of the molecule is C=CCNC(=O)NCC(F)(F)F. The molecule has 0 heterocycles. The van der Waals surface area contributed by atoms with Crippen LogP contribution in [0.3, 0.4) is 0 Å². The molecular formula is C6H9F3N2O. The Labute approximate surface area is 67.6 Å². The summed E-state index contributed by atoms with van der Waals surface area (Å²) >= 11 is 0. The first kappa shape index (κ1) is 10.8. The normalized spacial score (nSPS) is 10.6. The second kappa shape index (κ2) is 4.63. The molecule has 0 atom stereocenters. The topological polar surface area (TPSA) is 41.1 Å². The Balaban J connectivity index is 3.51. The van der Waals surface area contributed by atoms with E-state index in [0.29, 0.717) is 0 Å². The van der Waals surface area contributed by atoms with Gasteiger partial charge in [-0.2, -0.15) is 13.2 Å². The number of carbonyl (C=O) groups excluding carboxylic acids is 1. The Morgan fingerprint density at radius 2 is 2.00 bits per heavy atom. The molecule has 70 valence electrons. The Kier molecular flexibility index (Phi) is 4.17. The van der Waals surface area contributed by atoms with Crippen molar-refractivity contribution in [3.8, 4) is 0 Å². The van der Waals surface area contributed by atoms with E-state index in [1.54, 1.807) is 5.32 Å². The number of halogens is 3. The van der Waals surface area contributed by atoms with Crippen LogP contribution in [0.15, 0.2) is 12.7 Å².